The lowest BCUT2D eigenvalue weighted by atomic mass is 10.5. The Hall–Kier alpha value is -1.06. The van der Waals surface area contributed by atoms with Crippen molar-refractivity contribution in [1.29, 1.82) is 0 Å². The molecule has 0 atom stereocenters. The lowest BCUT2D eigenvalue weighted by Crippen LogP contribution is -2.18. The van der Waals surface area contributed by atoms with E-state index in [1.165, 1.54) is 0 Å². The highest BCUT2D eigenvalue weighted by Gasteiger charge is 2.06. The zero-order valence-electron chi connectivity index (χ0n) is 6.62. The van der Waals surface area contributed by atoms with Crippen LogP contribution in [0, 0.1) is 6.92 Å². The smallest absolute Gasteiger partial charge is 0.344 e. The molecule has 0 aromatic rings. The monoisotopic (exact) mass is 159 g/mol. The van der Waals surface area contributed by atoms with Gasteiger partial charge in [-0.1, -0.05) is 0 Å². The maximum Gasteiger partial charge on any atom is 0.344 e. The van der Waals surface area contributed by atoms with Crippen molar-refractivity contribution in [3.05, 3.63) is 6.92 Å². The summed E-state index contributed by atoms with van der Waals surface area (Å²) in [6.07, 6.45) is -0.189. The zero-order valence-corrected chi connectivity index (χ0v) is 6.62. The average Bonchev–Trinajstić information content (AvgIpc) is 1.82. The molecule has 0 amide bonds. The van der Waals surface area contributed by atoms with Crippen LogP contribution < -0.4 is 0 Å². The second-order valence-corrected chi connectivity index (χ2v) is 2.20. The third-order valence-corrected chi connectivity index (χ3v) is 0.718. The summed E-state index contributed by atoms with van der Waals surface area (Å²) in [5.41, 5.74) is 0. The van der Waals surface area contributed by atoms with Gasteiger partial charge in [0.15, 0.2) is 6.61 Å². The van der Waals surface area contributed by atoms with E-state index >= 15 is 0 Å². The van der Waals surface area contributed by atoms with Crippen molar-refractivity contribution in [1.82, 2.24) is 0 Å². The molecule has 0 aromatic carbocycles. The number of esters is 2. The van der Waals surface area contributed by atoms with E-state index in [0.29, 0.717) is 0 Å². The van der Waals surface area contributed by atoms with E-state index in [1.807, 2.05) is 0 Å². The number of carbonyl (C=O) groups excluding carboxylic acids is 2. The maximum absolute atomic E-state index is 10.6. The lowest BCUT2D eigenvalue weighted by molar-refractivity contribution is -0.159. The van der Waals surface area contributed by atoms with Gasteiger partial charge in [-0.2, -0.15) is 0 Å². The summed E-state index contributed by atoms with van der Waals surface area (Å²) < 4.78 is 8.94. The Labute approximate surface area is 65.5 Å². The highest BCUT2D eigenvalue weighted by atomic mass is 16.6. The predicted octanol–water partition coefficient (Wildman–Crippen LogP) is 0.315. The fourth-order valence-electron chi connectivity index (χ4n) is 0.436. The summed E-state index contributed by atoms with van der Waals surface area (Å²) in [4.78, 5) is 20.7. The molecule has 4 heteroatoms. The number of hydrogen-bond acceptors (Lipinski definition) is 4. The van der Waals surface area contributed by atoms with Crippen molar-refractivity contribution in [3.63, 3.8) is 0 Å². The summed E-state index contributed by atoms with van der Waals surface area (Å²) in [5.74, 6) is -1.29. The number of hydrogen-bond donors (Lipinski definition) is 0. The molecular formula is C7H11O4. The van der Waals surface area contributed by atoms with Gasteiger partial charge in [0.25, 0.3) is 0 Å². The van der Waals surface area contributed by atoms with Crippen molar-refractivity contribution in [2.45, 2.75) is 20.0 Å². The van der Waals surface area contributed by atoms with Crippen LogP contribution in [0.5, 0.6) is 0 Å². The van der Waals surface area contributed by atoms with Crippen LogP contribution in [0.4, 0.5) is 0 Å². The molecule has 0 unspecified atom stereocenters. The first kappa shape index (κ1) is 9.94. The molecule has 0 heterocycles. The highest BCUT2D eigenvalue weighted by Crippen LogP contribution is 1.89. The van der Waals surface area contributed by atoms with Crippen LogP contribution in [0.15, 0.2) is 0 Å². The van der Waals surface area contributed by atoms with Gasteiger partial charge in [-0.3, -0.25) is 4.79 Å². The Morgan fingerprint density at radius 2 is 2.00 bits per heavy atom. The van der Waals surface area contributed by atoms with Crippen LogP contribution in [-0.4, -0.2) is 24.6 Å². The maximum atomic E-state index is 10.6. The largest absolute Gasteiger partial charge is 0.460 e. The molecule has 0 aromatic heterocycles. The van der Waals surface area contributed by atoms with Crippen LogP contribution in [0.25, 0.3) is 0 Å². The Bertz CT molecular complexity index is 151. The molecule has 4 nitrogen and oxygen atoms in total. The summed E-state index contributed by atoms with van der Waals surface area (Å²) in [6, 6.07) is 0. The van der Waals surface area contributed by atoms with Gasteiger partial charge in [-0.25, -0.2) is 4.79 Å². The van der Waals surface area contributed by atoms with Crippen LogP contribution in [-0.2, 0) is 19.1 Å². The third kappa shape index (κ3) is 6.83. The normalized spacial score (nSPS) is 9.45. The molecule has 0 saturated heterocycles. The van der Waals surface area contributed by atoms with Gasteiger partial charge < -0.3 is 9.47 Å². The van der Waals surface area contributed by atoms with Crippen molar-refractivity contribution in [3.8, 4) is 0 Å². The Morgan fingerprint density at radius 1 is 1.45 bits per heavy atom. The van der Waals surface area contributed by atoms with E-state index in [2.05, 4.69) is 16.4 Å². The second-order valence-electron chi connectivity index (χ2n) is 2.20. The molecule has 0 spiro atoms. The molecule has 63 valence electrons. The van der Waals surface area contributed by atoms with Gasteiger partial charge >= 0.3 is 11.9 Å². The first-order valence-electron chi connectivity index (χ1n) is 3.20. The standard InChI is InChI=1S/C7H11O4/c1-5(2)11-7(9)4-10-6(3)8/h5H,3-4H2,1-2H3. The topological polar surface area (TPSA) is 52.6 Å². The summed E-state index contributed by atoms with van der Waals surface area (Å²) in [5, 5.41) is 0. The summed E-state index contributed by atoms with van der Waals surface area (Å²) in [6.45, 7) is 5.98. The molecule has 0 bridgehead atoms. The van der Waals surface area contributed by atoms with E-state index in [9.17, 15) is 9.59 Å². The molecule has 0 aliphatic rings. The summed E-state index contributed by atoms with van der Waals surface area (Å²) in [7, 11) is 0. The van der Waals surface area contributed by atoms with Gasteiger partial charge in [0, 0.05) is 0 Å². The Balaban J connectivity index is 3.45. The molecular weight excluding hydrogens is 148 g/mol. The van der Waals surface area contributed by atoms with Gasteiger partial charge in [0.05, 0.1) is 13.0 Å². The van der Waals surface area contributed by atoms with Gasteiger partial charge in [-0.05, 0) is 13.8 Å². The van der Waals surface area contributed by atoms with Crippen molar-refractivity contribution in [2.75, 3.05) is 6.61 Å². The molecule has 11 heavy (non-hydrogen) atoms. The van der Waals surface area contributed by atoms with Crippen molar-refractivity contribution < 1.29 is 19.1 Å². The first-order valence-corrected chi connectivity index (χ1v) is 3.20. The van der Waals surface area contributed by atoms with Gasteiger partial charge in [0.2, 0.25) is 0 Å². The average molecular weight is 159 g/mol. The highest BCUT2D eigenvalue weighted by molar-refractivity contribution is 5.78. The number of ether oxygens (including phenoxy) is 2. The van der Waals surface area contributed by atoms with E-state index in [-0.39, 0.29) is 12.7 Å². The summed E-state index contributed by atoms with van der Waals surface area (Å²) >= 11 is 0. The minimum Gasteiger partial charge on any atom is -0.460 e. The van der Waals surface area contributed by atoms with Crippen LogP contribution in [0.1, 0.15) is 13.8 Å². The van der Waals surface area contributed by atoms with Crippen molar-refractivity contribution >= 4 is 11.9 Å². The molecule has 1 radical (unpaired) electrons. The van der Waals surface area contributed by atoms with Crippen LogP contribution in [0.2, 0.25) is 0 Å². The van der Waals surface area contributed by atoms with E-state index in [4.69, 9.17) is 0 Å². The molecule has 0 aliphatic heterocycles. The third-order valence-electron chi connectivity index (χ3n) is 0.718. The minimum atomic E-state index is -0.731. The van der Waals surface area contributed by atoms with Gasteiger partial charge in [-0.15, -0.1) is 0 Å². The molecule has 0 rings (SSSR count). The fourth-order valence-corrected chi connectivity index (χ4v) is 0.436. The SMILES string of the molecule is [CH2]C(=O)OCC(=O)OC(C)C. The fraction of sp³-hybridized carbons (Fsp3) is 0.571. The molecule has 0 fully saturated rings. The van der Waals surface area contributed by atoms with Crippen molar-refractivity contribution in [2.24, 2.45) is 0 Å². The first-order chi connectivity index (χ1) is 5.02. The quantitative estimate of drug-likeness (QED) is 0.556. The Kier molecular flexibility index (Phi) is 4.26. The number of carbonyl (C=O) groups is 2. The predicted molar refractivity (Wildman–Crippen MR) is 37.5 cm³/mol. The van der Waals surface area contributed by atoms with E-state index in [1.54, 1.807) is 13.8 Å². The van der Waals surface area contributed by atoms with E-state index in [0.717, 1.165) is 0 Å². The van der Waals surface area contributed by atoms with Crippen LogP contribution >= 0.6 is 0 Å². The number of rotatable bonds is 3. The minimum absolute atomic E-state index is 0.189. The van der Waals surface area contributed by atoms with Crippen LogP contribution in [0.3, 0.4) is 0 Å². The second kappa shape index (κ2) is 4.71. The lowest BCUT2D eigenvalue weighted by Gasteiger charge is -2.06. The zero-order chi connectivity index (χ0) is 8.85. The molecule has 0 saturated carbocycles. The van der Waals surface area contributed by atoms with E-state index < -0.39 is 11.9 Å². The molecule has 0 aliphatic carbocycles. The Morgan fingerprint density at radius 3 is 2.36 bits per heavy atom. The molecule has 0 N–H and O–H groups in total. The van der Waals surface area contributed by atoms with Gasteiger partial charge in [0.1, 0.15) is 0 Å².